The molecule has 0 radical (unpaired) electrons. The Labute approximate surface area is 179 Å². The minimum Gasteiger partial charge on any atom is -0.493 e. The van der Waals surface area contributed by atoms with E-state index in [1.807, 2.05) is 49.4 Å². The van der Waals surface area contributed by atoms with Crippen molar-refractivity contribution in [3.8, 4) is 11.5 Å². The highest BCUT2D eigenvalue weighted by Crippen LogP contribution is 2.26. The molecule has 0 aliphatic heterocycles. The summed E-state index contributed by atoms with van der Waals surface area (Å²) in [5.41, 5.74) is 0.961. The Kier molecular flexibility index (Phi) is 9.71. The second kappa shape index (κ2) is 12.5. The van der Waals surface area contributed by atoms with Crippen molar-refractivity contribution in [3.63, 3.8) is 0 Å². The topological polar surface area (TPSA) is 67.9 Å². The first-order chi connectivity index (χ1) is 14.6. The molecule has 162 valence electrons. The Hall–Kier alpha value is -3.02. The first-order valence-electron chi connectivity index (χ1n) is 10.5. The van der Waals surface area contributed by atoms with Gasteiger partial charge in [-0.25, -0.2) is 0 Å². The van der Waals surface area contributed by atoms with E-state index in [9.17, 15) is 9.59 Å². The number of nitrogens with zero attached hydrogens (tertiary/aromatic N) is 1. The number of unbranched alkanes of at least 4 members (excludes halogenated alkanes) is 1. The first kappa shape index (κ1) is 23.3. The minimum atomic E-state index is -0.559. The number of carbonyl (C=O) groups excluding carboxylic acids is 2. The van der Waals surface area contributed by atoms with Gasteiger partial charge in [-0.1, -0.05) is 62.7 Å². The quantitative estimate of drug-likeness (QED) is 0.539. The predicted molar refractivity (Wildman–Crippen MR) is 117 cm³/mol. The second-order valence-corrected chi connectivity index (χ2v) is 7.02. The molecule has 0 saturated heterocycles. The zero-order valence-electron chi connectivity index (χ0n) is 18.1. The van der Waals surface area contributed by atoms with Crippen LogP contribution in [0, 0.1) is 0 Å². The van der Waals surface area contributed by atoms with Crippen LogP contribution in [0.3, 0.4) is 0 Å². The highest BCUT2D eigenvalue weighted by molar-refractivity contribution is 5.88. The van der Waals surface area contributed by atoms with Crippen LogP contribution in [0.4, 0.5) is 0 Å². The van der Waals surface area contributed by atoms with Crippen LogP contribution in [0.1, 0.15) is 38.7 Å². The van der Waals surface area contributed by atoms with Crippen LogP contribution in [0.2, 0.25) is 0 Å². The maximum Gasteiger partial charge on any atom is 0.261 e. The van der Waals surface area contributed by atoms with Gasteiger partial charge in [0.1, 0.15) is 6.04 Å². The van der Waals surface area contributed by atoms with E-state index in [0.29, 0.717) is 31.0 Å². The third-order valence-electron chi connectivity index (χ3n) is 4.83. The molecule has 6 nitrogen and oxygen atoms in total. The van der Waals surface area contributed by atoms with Gasteiger partial charge in [-0.2, -0.15) is 0 Å². The molecule has 0 aliphatic rings. The van der Waals surface area contributed by atoms with Crippen molar-refractivity contribution in [1.29, 1.82) is 0 Å². The van der Waals surface area contributed by atoms with E-state index in [4.69, 9.17) is 9.47 Å². The van der Waals surface area contributed by atoms with Crippen LogP contribution in [0.5, 0.6) is 11.5 Å². The van der Waals surface area contributed by atoms with Gasteiger partial charge in [0.15, 0.2) is 18.1 Å². The number of benzene rings is 2. The Morgan fingerprint density at radius 2 is 1.67 bits per heavy atom. The molecule has 0 spiro atoms. The summed E-state index contributed by atoms with van der Waals surface area (Å²) in [7, 11) is 1.56. The number of carbonyl (C=O) groups is 2. The van der Waals surface area contributed by atoms with Crippen molar-refractivity contribution in [2.45, 2.75) is 45.7 Å². The van der Waals surface area contributed by atoms with Gasteiger partial charge in [0.2, 0.25) is 5.91 Å². The number of nitrogens with one attached hydrogen (secondary N) is 1. The summed E-state index contributed by atoms with van der Waals surface area (Å²) in [5.74, 6) is 0.674. The van der Waals surface area contributed by atoms with Gasteiger partial charge in [0, 0.05) is 13.1 Å². The number of ether oxygens (including phenoxy) is 2. The first-order valence-corrected chi connectivity index (χ1v) is 10.5. The smallest absolute Gasteiger partial charge is 0.261 e. The fourth-order valence-electron chi connectivity index (χ4n) is 3.17. The Morgan fingerprint density at radius 1 is 1.00 bits per heavy atom. The normalized spacial score (nSPS) is 11.4. The molecule has 1 N–H and O–H groups in total. The third-order valence-corrected chi connectivity index (χ3v) is 4.83. The van der Waals surface area contributed by atoms with E-state index >= 15 is 0 Å². The van der Waals surface area contributed by atoms with Crippen molar-refractivity contribution < 1.29 is 19.1 Å². The van der Waals surface area contributed by atoms with Crippen LogP contribution in [-0.2, 0) is 16.1 Å². The van der Waals surface area contributed by atoms with Gasteiger partial charge >= 0.3 is 0 Å². The SMILES string of the molecule is CCCCNC(=O)[C@@H](CC)N(Cc1ccccc1)C(=O)COc1ccccc1OC. The predicted octanol–water partition coefficient (Wildman–Crippen LogP) is 3.80. The molecule has 0 unspecified atom stereocenters. The third kappa shape index (κ3) is 6.79. The van der Waals surface area contributed by atoms with E-state index in [1.54, 1.807) is 24.1 Å². The van der Waals surface area contributed by atoms with Crippen molar-refractivity contribution >= 4 is 11.8 Å². The summed E-state index contributed by atoms with van der Waals surface area (Å²) in [4.78, 5) is 27.5. The standard InChI is InChI=1S/C24H32N2O4/c1-4-6-16-25-24(28)20(5-2)26(17-19-12-8-7-9-13-19)23(27)18-30-22-15-11-10-14-21(22)29-3/h7-15,20H,4-6,16-18H2,1-3H3,(H,25,28)/t20-/m1/s1. The number of rotatable bonds is 12. The van der Waals surface area contributed by atoms with Gasteiger partial charge in [-0.05, 0) is 30.5 Å². The van der Waals surface area contributed by atoms with E-state index in [0.717, 1.165) is 18.4 Å². The molecule has 0 saturated carbocycles. The molecule has 30 heavy (non-hydrogen) atoms. The molecular formula is C24H32N2O4. The zero-order valence-corrected chi connectivity index (χ0v) is 18.1. The lowest BCUT2D eigenvalue weighted by Crippen LogP contribution is -2.50. The van der Waals surface area contributed by atoms with Crippen LogP contribution >= 0.6 is 0 Å². The molecule has 0 fully saturated rings. The maximum absolute atomic E-state index is 13.1. The van der Waals surface area contributed by atoms with Crippen molar-refractivity contribution in [3.05, 3.63) is 60.2 Å². The lowest BCUT2D eigenvalue weighted by molar-refractivity contribution is -0.143. The summed E-state index contributed by atoms with van der Waals surface area (Å²) in [5, 5.41) is 2.95. The molecule has 0 aliphatic carbocycles. The number of hydrogen-bond donors (Lipinski definition) is 1. The van der Waals surface area contributed by atoms with Gasteiger partial charge < -0.3 is 19.7 Å². The van der Waals surface area contributed by atoms with Crippen LogP contribution in [0.15, 0.2) is 54.6 Å². The van der Waals surface area contributed by atoms with E-state index in [-0.39, 0.29) is 18.4 Å². The molecular weight excluding hydrogens is 380 g/mol. The number of amides is 2. The summed E-state index contributed by atoms with van der Waals surface area (Å²) in [6, 6.07) is 16.3. The second-order valence-electron chi connectivity index (χ2n) is 7.02. The summed E-state index contributed by atoms with van der Waals surface area (Å²) >= 11 is 0. The fraction of sp³-hybridized carbons (Fsp3) is 0.417. The number of hydrogen-bond acceptors (Lipinski definition) is 4. The molecule has 0 bridgehead atoms. The van der Waals surface area contributed by atoms with Gasteiger partial charge in [-0.3, -0.25) is 9.59 Å². The molecule has 0 aromatic heterocycles. The summed E-state index contributed by atoms with van der Waals surface area (Å²) < 4.78 is 11.0. The number of methoxy groups -OCH3 is 1. The molecule has 2 amide bonds. The van der Waals surface area contributed by atoms with E-state index in [2.05, 4.69) is 12.2 Å². The summed E-state index contributed by atoms with van der Waals surface area (Å²) in [6.45, 7) is 4.76. The Bertz CT molecular complexity index is 795. The van der Waals surface area contributed by atoms with E-state index < -0.39 is 6.04 Å². The largest absolute Gasteiger partial charge is 0.493 e. The molecule has 2 rings (SSSR count). The molecule has 6 heteroatoms. The lowest BCUT2D eigenvalue weighted by atomic mass is 10.1. The average molecular weight is 413 g/mol. The van der Waals surface area contributed by atoms with Crippen molar-refractivity contribution in [2.75, 3.05) is 20.3 Å². The van der Waals surface area contributed by atoms with Crippen LogP contribution in [-0.4, -0.2) is 43.0 Å². The molecule has 2 aromatic carbocycles. The fourth-order valence-corrected chi connectivity index (χ4v) is 3.17. The Morgan fingerprint density at radius 3 is 2.30 bits per heavy atom. The Balaban J connectivity index is 2.16. The zero-order chi connectivity index (χ0) is 21.8. The van der Waals surface area contributed by atoms with Crippen LogP contribution < -0.4 is 14.8 Å². The summed E-state index contributed by atoms with van der Waals surface area (Å²) in [6.07, 6.45) is 2.42. The van der Waals surface area contributed by atoms with Crippen molar-refractivity contribution in [1.82, 2.24) is 10.2 Å². The molecule has 2 aromatic rings. The minimum absolute atomic E-state index is 0.132. The molecule has 0 heterocycles. The maximum atomic E-state index is 13.1. The highest BCUT2D eigenvalue weighted by atomic mass is 16.5. The monoisotopic (exact) mass is 412 g/mol. The van der Waals surface area contributed by atoms with Gasteiger partial charge in [0.25, 0.3) is 5.91 Å². The highest BCUT2D eigenvalue weighted by Gasteiger charge is 2.28. The van der Waals surface area contributed by atoms with Gasteiger partial charge in [-0.15, -0.1) is 0 Å². The van der Waals surface area contributed by atoms with Crippen molar-refractivity contribution in [2.24, 2.45) is 0 Å². The van der Waals surface area contributed by atoms with Crippen LogP contribution in [0.25, 0.3) is 0 Å². The average Bonchev–Trinajstić information content (AvgIpc) is 2.78. The lowest BCUT2D eigenvalue weighted by Gasteiger charge is -2.30. The molecule has 1 atom stereocenters. The van der Waals surface area contributed by atoms with E-state index in [1.165, 1.54) is 0 Å². The van der Waals surface area contributed by atoms with Gasteiger partial charge in [0.05, 0.1) is 7.11 Å². The number of para-hydroxylation sites is 2.